The van der Waals surface area contributed by atoms with Gasteiger partial charge in [0.1, 0.15) is 10.7 Å². The molecule has 0 radical (unpaired) electrons. The third-order valence-corrected chi connectivity index (χ3v) is 5.91. The van der Waals surface area contributed by atoms with Crippen LogP contribution in [0.4, 0.5) is 0 Å². The predicted octanol–water partition coefficient (Wildman–Crippen LogP) is 4.59. The minimum atomic E-state index is -0.0946. The summed E-state index contributed by atoms with van der Waals surface area (Å²) >= 11 is 1.52. The van der Waals surface area contributed by atoms with E-state index >= 15 is 0 Å². The van der Waals surface area contributed by atoms with Crippen LogP contribution in [0.2, 0.25) is 0 Å². The highest BCUT2D eigenvalue weighted by atomic mass is 32.1. The lowest BCUT2D eigenvalue weighted by molar-refractivity contribution is 0.686. The van der Waals surface area contributed by atoms with Crippen LogP contribution in [-0.4, -0.2) is 15.0 Å². The molecule has 3 heterocycles. The third kappa shape index (κ3) is 2.56. The quantitative estimate of drug-likeness (QED) is 0.569. The molecule has 5 heteroatoms. The van der Waals surface area contributed by atoms with E-state index in [2.05, 4.69) is 33.2 Å². The molecule has 0 atom stereocenters. The smallest absolute Gasteiger partial charge is 0.260 e. The van der Waals surface area contributed by atoms with Gasteiger partial charge in [-0.05, 0) is 54.5 Å². The van der Waals surface area contributed by atoms with Crippen molar-refractivity contribution in [1.82, 2.24) is 15.0 Å². The molecular formula is C21H17N3OS. The largest absolute Gasteiger partial charge is 0.306 e. The van der Waals surface area contributed by atoms with Gasteiger partial charge in [0, 0.05) is 28.9 Å². The van der Waals surface area contributed by atoms with Crippen molar-refractivity contribution in [2.45, 2.75) is 25.7 Å². The van der Waals surface area contributed by atoms with Crippen molar-refractivity contribution in [2.75, 3.05) is 0 Å². The van der Waals surface area contributed by atoms with Crippen LogP contribution in [0.3, 0.4) is 0 Å². The summed E-state index contributed by atoms with van der Waals surface area (Å²) in [6, 6.07) is 10.4. The zero-order valence-corrected chi connectivity index (χ0v) is 15.0. The normalized spacial score (nSPS) is 13.7. The Morgan fingerprint density at radius 3 is 2.77 bits per heavy atom. The average molecular weight is 359 g/mol. The van der Waals surface area contributed by atoms with E-state index < -0.39 is 0 Å². The Hall–Kier alpha value is -2.79. The lowest BCUT2D eigenvalue weighted by atomic mass is 9.89. The van der Waals surface area contributed by atoms with E-state index in [0.717, 1.165) is 34.4 Å². The van der Waals surface area contributed by atoms with Crippen molar-refractivity contribution >= 4 is 21.6 Å². The van der Waals surface area contributed by atoms with Crippen LogP contribution >= 0.6 is 11.3 Å². The minimum absolute atomic E-state index is 0.0946. The van der Waals surface area contributed by atoms with Crippen LogP contribution in [0.1, 0.15) is 24.0 Å². The van der Waals surface area contributed by atoms with Crippen LogP contribution in [0.5, 0.6) is 0 Å². The molecule has 1 aromatic carbocycles. The van der Waals surface area contributed by atoms with Crippen molar-refractivity contribution in [3.8, 4) is 22.5 Å². The molecule has 1 N–H and O–H groups in total. The van der Waals surface area contributed by atoms with E-state index in [9.17, 15) is 4.79 Å². The number of aryl methyl sites for hydroxylation is 2. The fourth-order valence-corrected chi connectivity index (χ4v) is 4.65. The van der Waals surface area contributed by atoms with E-state index in [1.165, 1.54) is 35.3 Å². The van der Waals surface area contributed by atoms with Gasteiger partial charge in [0.15, 0.2) is 0 Å². The summed E-state index contributed by atoms with van der Waals surface area (Å²) in [4.78, 5) is 25.3. The highest BCUT2D eigenvalue weighted by Gasteiger charge is 2.16. The van der Waals surface area contributed by atoms with Crippen molar-refractivity contribution in [3.63, 3.8) is 0 Å². The first-order valence-electron chi connectivity index (χ1n) is 8.84. The van der Waals surface area contributed by atoms with Crippen LogP contribution < -0.4 is 5.56 Å². The zero-order chi connectivity index (χ0) is 17.5. The van der Waals surface area contributed by atoms with Gasteiger partial charge in [-0.3, -0.25) is 9.78 Å². The van der Waals surface area contributed by atoms with Crippen LogP contribution in [-0.2, 0) is 12.8 Å². The number of aromatic amines is 1. The summed E-state index contributed by atoms with van der Waals surface area (Å²) in [7, 11) is 0. The van der Waals surface area contributed by atoms with Gasteiger partial charge >= 0.3 is 0 Å². The maximum atomic E-state index is 12.8. The molecule has 0 amide bonds. The Balaban J connectivity index is 1.65. The number of aromatic nitrogens is 3. The second-order valence-corrected chi connectivity index (χ2v) is 7.53. The summed E-state index contributed by atoms with van der Waals surface area (Å²) in [5.41, 5.74) is 5.68. The Morgan fingerprint density at radius 2 is 1.92 bits per heavy atom. The number of rotatable bonds is 2. The molecular weight excluding hydrogens is 342 g/mol. The summed E-state index contributed by atoms with van der Waals surface area (Å²) < 4.78 is 0. The Kier molecular flexibility index (Phi) is 3.68. The lowest BCUT2D eigenvalue weighted by Gasteiger charge is -2.16. The molecule has 1 aliphatic carbocycles. The number of hydrogen-bond donors (Lipinski definition) is 1. The first-order chi connectivity index (χ1) is 12.8. The highest BCUT2D eigenvalue weighted by molar-refractivity contribution is 7.17. The van der Waals surface area contributed by atoms with Crippen molar-refractivity contribution < 1.29 is 0 Å². The number of nitrogens with one attached hydrogen (secondary N) is 1. The van der Waals surface area contributed by atoms with Gasteiger partial charge in [-0.25, -0.2) is 4.98 Å². The molecule has 1 aliphatic rings. The molecule has 3 aromatic heterocycles. The van der Waals surface area contributed by atoms with Crippen LogP contribution in [0.25, 0.3) is 32.7 Å². The van der Waals surface area contributed by atoms with Gasteiger partial charge in [0.25, 0.3) is 5.56 Å². The minimum Gasteiger partial charge on any atom is -0.306 e. The van der Waals surface area contributed by atoms with E-state index in [0.29, 0.717) is 11.2 Å². The van der Waals surface area contributed by atoms with Gasteiger partial charge in [-0.15, -0.1) is 11.3 Å². The second-order valence-electron chi connectivity index (χ2n) is 6.68. The van der Waals surface area contributed by atoms with E-state index in [1.807, 2.05) is 17.5 Å². The maximum Gasteiger partial charge on any atom is 0.260 e. The molecule has 0 bridgehead atoms. The molecule has 5 rings (SSSR count). The van der Waals surface area contributed by atoms with Gasteiger partial charge in [0.05, 0.1) is 5.39 Å². The molecule has 4 aromatic rings. The number of benzene rings is 1. The van der Waals surface area contributed by atoms with Gasteiger partial charge in [0.2, 0.25) is 0 Å². The Morgan fingerprint density at radius 1 is 1.04 bits per heavy atom. The van der Waals surface area contributed by atoms with Crippen molar-refractivity contribution in [3.05, 3.63) is 69.6 Å². The van der Waals surface area contributed by atoms with Crippen molar-refractivity contribution in [1.29, 1.82) is 0 Å². The zero-order valence-electron chi connectivity index (χ0n) is 14.2. The van der Waals surface area contributed by atoms with Gasteiger partial charge < -0.3 is 4.98 Å². The standard InChI is InChI=1S/C21H17N3OS/c25-20-18-17(15-8-7-13-4-1-2-5-14(13)10-15)12-26-21(18)24-19(23-20)16-6-3-9-22-11-16/h3,6-12H,1-2,4-5H2,(H,23,24,25). The SMILES string of the molecule is O=c1[nH]c(-c2cccnc2)nc2scc(-c3ccc4c(c3)CCCC4)c12. The fourth-order valence-electron chi connectivity index (χ4n) is 3.70. The van der Waals surface area contributed by atoms with Crippen LogP contribution in [0.15, 0.2) is 52.9 Å². The monoisotopic (exact) mass is 359 g/mol. The van der Waals surface area contributed by atoms with E-state index in [-0.39, 0.29) is 5.56 Å². The molecule has 128 valence electrons. The number of thiophene rings is 1. The first-order valence-corrected chi connectivity index (χ1v) is 9.72. The summed E-state index contributed by atoms with van der Waals surface area (Å²) in [6.45, 7) is 0. The molecule has 0 spiro atoms. The van der Waals surface area contributed by atoms with Gasteiger partial charge in [-0.1, -0.05) is 18.2 Å². The number of pyridine rings is 1. The van der Waals surface area contributed by atoms with Gasteiger partial charge in [-0.2, -0.15) is 0 Å². The second kappa shape index (κ2) is 6.18. The molecule has 0 unspecified atom stereocenters. The number of hydrogen-bond acceptors (Lipinski definition) is 4. The highest BCUT2D eigenvalue weighted by Crippen LogP contribution is 2.34. The Labute approximate surface area is 154 Å². The predicted molar refractivity (Wildman–Crippen MR) is 106 cm³/mol. The summed E-state index contributed by atoms with van der Waals surface area (Å²) in [5, 5.41) is 2.73. The number of H-pyrrole nitrogens is 1. The molecule has 4 nitrogen and oxygen atoms in total. The molecule has 26 heavy (non-hydrogen) atoms. The first kappa shape index (κ1) is 15.5. The van der Waals surface area contributed by atoms with E-state index in [1.54, 1.807) is 12.4 Å². The molecule has 0 saturated heterocycles. The third-order valence-electron chi connectivity index (χ3n) is 5.04. The molecule has 0 fully saturated rings. The number of fused-ring (bicyclic) bond motifs is 2. The molecule has 0 saturated carbocycles. The number of nitrogens with zero attached hydrogens (tertiary/aromatic N) is 2. The summed E-state index contributed by atoms with van der Waals surface area (Å²) in [6.07, 6.45) is 8.23. The fraction of sp³-hybridized carbons (Fsp3) is 0.190. The average Bonchev–Trinajstić information content (AvgIpc) is 3.13. The van der Waals surface area contributed by atoms with Crippen molar-refractivity contribution in [2.24, 2.45) is 0 Å². The lowest BCUT2D eigenvalue weighted by Crippen LogP contribution is -2.09. The maximum absolute atomic E-state index is 12.8. The molecule has 0 aliphatic heterocycles. The summed E-state index contributed by atoms with van der Waals surface area (Å²) in [5.74, 6) is 0.564. The topological polar surface area (TPSA) is 58.6 Å². The van der Waals surface area contributed by atoms with E-state index in [4.69, 9.17) is 0 Å². The Bertz CT molecular complexity index is 1160. The van der Waals surface area contributed by atoms with Crippen LogP contribution in [0, 0.1) is 0 Å².